The van der Waals surface area contributed by atoms with Gasteiger partial charge in [0.2, 0.25) is 5.89 Å². The second-order valence-corrected chi connectivity index (χ2v) is 8.24. The summed E-state index contributed by atoms with van der Waals surface area (Å²) >= 11 is 0. The van der Waals surface area contributed by atoms with Gasteiger partial charge < -0.3 is 9.26 Å². The highest BCUT2D eigenvalue weighted by Gasteiger charge is 2.29. The Hall–Kier alpha value is -2.94. The predicted octanol–water partition coefficient (Wildman–Crippen LogP) is 3.49. The zero-order chi connectivity index (χ0) is 19.7. The topological polar surface area (TPSA) is 94.3 Å². The zero-order valence-corrected chi connectivity index (χ0v) is 15.9. The van der Waals surface area contributed by atoms with E-state index in [0.29, 0.717) is 28.9 Å². The number of methoxy groups -OCH3 is 1. The van der Waals surface area contributed by atoms with Crippen molar-refractivity contribution in [3.63, 3.8) is 0 Å². The molecule has 0 atom stereocenters. The Morgan fingerprint density at radius 3 is 2.75 bits per heavy atom. The third-order valence-electron chi connectivity index (χ3n) is 4.46. The number of nitrogens with zero attached hydrogens (tertiary/aromatic N) is 2. The molecule has 0 bridgehead atoms. The molecule has 146 valence electrons. The van der Waals surface area contributed by atoms with Crippen molar-refractivity contribution in [2.45, 2.75) is 30.1 Å². The van der Waals surface area contributed by atoms with Crippen molar-refractivity contribution in [2.24, 2.45) is 0 Å². The lowest BCUT2D eigenvalue weighted by molar-refractivity contribution is 0.379. The summed E-state index contributed by atoms with van der Waals surface area (Å²) in [6.07, 6.45) is 2.41. The van der Waals surface area contributed by atoms with Crippen LogP contribution in [0.1, 0.15) is 36.0 Å². The molecule has 1 aliphatic carbocycles. The number of hydrogen-bond donors (Lipinski definition) is 1. The van der Waals surface area contributed by atoms with E-state index in [-0.39, 0.29) is 17.1 Å². The quantitative estimate of drug-likeness (QED) is 0.649. The summed E-state index contributed by atoms with van der Waals surface area (Å²) in [7, 11) is -2.67. The highest BCUT2D eigenvalue weighted by molar-refractivity contribution is 7.92. The number of rotatable bonds is 7. The average molecular weight is 403 g/mol. The molecule has 1 aromatic heterocycles. The molecule has 28 heavy (non-hydrogen) atoms. The van der Waals surface area contributed by atoms with Gasteiger partial charge in [-0.25, -0.2) is 12.8 Å². The van der Waals surface area contributed by atoms with E-state index in [2.05, 4.69) is 14.9 Å². The van der Waals surface area contributed by atoms with Gasteiger partial charge >= 0.3 is 0 Å². The van der Waals surface area contributed by atoms with Crippen LogP contribution in [0.4, 0.5) is 10.1 Å². The highest BCUT2D eigenvalue weighted by Crippen LogP contribution is 2.38. The van der Waals surface area contributed by atoms with Crippen LogP contribution in [0.5, 0.6) is 5.75 Å². The van der Waals surface area contributed by atoms with Crippen LogP contribution < -0.4 is 9.46 Å². The van der Waals surface area contributed by atoms with Gasteiger partial charge in [-0.3, -0.25) is 4.72 Å². The van der Waals surface area contributed by atoms with Crippen LogP contribution in [0.25, 0.3) is 0 Å². The minimum absolute atomic E-state index is 0.0257. The van der Waals surface area contributed by atoms with Gasteiger partial charge in [0.25, 0.3) is 10.0 Å². The molecule has 0 aliphatic heterocycles. The van der Waals surface area contributed by atoms with Crippen LogP contribution in [-0.4, -0.2) is 25.7 Å². The molecule has 2 aromatic carbocycles. The molecule has 0 spiro atoms. The van der Waals surface area contributed by atoms with Gasteiger partial charge in [0.05, 0.1) is 24.1 Å². The predicted molar refractivity (Wildman–Crippen MR) is 99.3 cm³/mol. The second kappa shape index (κ2) is 7.23. The van der Waals surface area contributed by atoms with E-state index in [9.17, 15) is 12.8 Å². The minimum atomic E-state index is -3.99. The Bertz CT molecular complexity index is 1110. The van der Waals surface area contributed by atoms with Gasteiger partial charge in [-0.2, -0.15) is 4.98 Å². The minimum Gasteiger partial charge on any atom is -0.494 e. The molecule has 4 rings (SSSR count). The molecule has 0 unspecified atom stereocenters. The van der Waals surface area contributed by atoms with E-state index in [1.807, 2.05) is 0 Å². The van der Waals surface area contributed by atoms with Crippen LogP contribution in [0.2, 0.25) is 0 Å². The molecule has 7 nitrogen and oxygen atoms in total. The molecule has 1 aliphatic rings. The smallest absolute Gasteiger partial charge is 0.262 e. The third-order valence-corrected chi connectivity index (χ3v) is 5.83. The fourth-order valence-electron chi connectivity index (χ4n) is 2.80. The zero-order valence-electron chi connectivity index (χ0n) is 15.1. The lowest BCUT2D eigenvalue weighted by Gasteiger charge is -2.12. The molecule has 0 radical (unpaired) electrons. The Morgan fingerprint density at radius 2 is 2.04 bits per heavy atom. The van der Waals surface area contributed by atoms with Crippen molar-refractivity contribution in [1.82, 2.24) is 10.1 Å². The van der Waals surface area contributed by atoms with E-state index >= 15 is 0 Å². The fourth-order valence-corrected chi connectivity index (χ4v) is 3.91. The Balaban J connectivity index is 1.58. The van der Waals surface area contributed by atoms with Crippen molar-refractivity contribution in [3.8, 4) is 5.75 Å². The summed E-state index contributed by atoms with van der Waals surface area (Å²) in [4.78, 5) is 4.18. The molecule has 1 heterocycles. The van der Waals surface area contributed by atoms with E-state index in [1.54, 1.807) is 24.3 Å². The first-order valence-corrected chi connectivity index (χ1v) is 10.2. The summed E-state index contributed by atoms with van der Waals surface area (Å²) in [5.41, 5.74) is 1.04. The number of hydrogen-bond acceptors (Lipinski definition) is 6. The molecule has 9 heteroatoms. The van der Waals surface area contributed by atoms with Crippen LogP contribution in [0, 0.1) is 5.82 Å². The maximum Gasteiger partial charge on any atom is 0.262 e. The summed E-state index contributed by atoms with van der Waals surface area (Å²) in [5.74, 6) is 0.710. The average Bonchev–Trinajstić information content (AvgIpc) is 3.42. The normalized spacial score (nSPS) is 14.1. The van der Waals surface area contributed by atoms with Gasteiger partial charge in [0.15, 0.2) is 17.4 Å². The number of para-hydroxylation sites is 1. The van der Waals surface area contributed by atoms with Crippen molar-refractivity contribution >= 4 is 15.7 Å². The van der Waals surface area contributed by atoms with Crippen molar-refractivity contribution < 1.29 is 22.1 Å². The number of benzene rings is 2. The number of nitrogens with one attached hydrogen (secondary N) is 1. The first kappa shape index (κ1) is 18.4. The van der Waals surface area contributed by atoms with E-state index in [0.717, 1.165) is 18.9 Å². The molecular weight excluding hydrogens is 385 g/mol. The van der Waals surface area contributed by atoms with Gasteiger partial charge in [-0.05, 0) is 42.7 Å². The largest absolute Gasteiger partial charge is 0.494 e. The van der Waals surface area contributed by atoms with E-state index in [4.69, 9.17) is 9.26 Å². The Labute approximate surface area is 161 Å². The first-order chi connectivity index (χ1) is 13.5. The summed E-state index contributed by atoms with van der Waals surface area (Å²) < 4.78 is 51.9. The van der Waals surface area contributed by atoms with E-state index < -0.39 is 15.8 Å². The number of ether oxygens (including phenoxy) is 1. The van der Waals surface area contributed by atoms with E-state index in [1.165, 1.54) is 19.2 Å². The summed E-state index contributed by atoms with van der Waals surface area (Å²) in [6, 6.07) is 10.4. The maximum atomic E-state index is 13.9. The molecule has 1 N–H and O–H groups in total. The number of sulfonamides is 1. The third kappa shape index (κ3) is 3.84. The first-order valence-electron chi connectivity index (χ1n) is 8.73. The number of aromatic nitrogens is 2. The maximum absolute atomic E-state index is 13.9. The lowest BCUT2D eigenvalue weighted by Crippen LogP contribution is -2.14. The SMILES string of the molecule is COc1ccc(S(=O)(=O)Nc2ccccc2Cc2nc(C3CC3)no2)cc1F. The Kier molecular flexibility index (Phi) is 4.76. The number of halogens is 1. The number of anilines is 1. The molecule has 3 aromatic rings. The van der Waals surface area contributed by atoms with Crippen molar-refractivity contribution in [2.75, 3.05) is 11.8 Å². The van der Waals surface area contributed by atoms with Crippen LogP contribution in [0.3, 0.4) is 0 Å². The molecule has 0 saturated heterocycles. The van der Waals surface area contributed by atoms with Crippen molar-refractivity contribution in [1.29, 1.82) is 0 Å². The molecule has 1 saturated carbocycles. The van der Waals surface area contributed by atoms with Crippen LogP contribution in [-0.2, 0) is 16.4 Å². The Morgan fingerprint density at radius 1 is 1.25 bits per heavy atom. The van der Waals surface area contributed by atoms with Gasteiger partial charge in [-0.15, -0.1) is 0 Å². The summed E-state index contributed by atoms with van der Waals surface area (Å²) in [6.45, 7) is 0. The van der Waals surface area contributed by atoms with Gasteiger partial charge in [0, 0.05) is 5.92 Å². The van der Waals surface area contributed by atoms with Crippen LogP contribution >= 0.6 is 0 Å². The molecule has 0 amide bonds. The molecular formula is C19H18FN3O4S. The van der Waals surface area contributed by atoms with Gasteiger partial charge in [-0.1, -0.05) is 23.4 Å². The van der Waals surface area contributed by atoms with Crippen molar-refractivity contribution in [3.05, 3.63) is 65.6 Å². The standard InChI is InChI=1S/C19H18FN3O4S/c1-26-17-9-8-14(11-15(17)20)28(24,25)23-16-5-3-2-4-13(16)10-18-21-19(22-27-18)12-6-7-12/h2-5,8-9,11-12,23H,6-7,10H2,1H3. The second-order valence-electron chi connectivity index (χ2n) is 6.56. The lowest BCUT2D eigenvalue weighted by atomic mass is 10.1. The van der Waals surface area contributed by atoms with Gasteiger partial charge in [0.1, 0.15) is 0 Å². The highest BCUT2D eigenvalue weighted by atomic mass is 32.2. The van der Waals surface area contributed by atoms with Crippen LogP contribution in [0.15, 0.2) is 51.9 Å². The molecule has 1 fully saturated rings. The fraction of sp³-hybridized carbons (Fsp3) is 0.263. The monoisotopic (exact) mass is 403 g/mol. The summed E-state index contributed by atoms with van der Waals surface area (Å²) in [5, 5.41) is 3.97.